The fourth-order valence-electron chi connectivity index (χ4n) is 5.47. The van der Waals surface area contributed by atoms with Crippen LogP contribution < -0.4 is 10.9 Å². The van der Waals surface area contributed by atoms with E-state index in [1.165, 1.54) is 18.1 Å². The molecular weight excluding hydrogens is 422 g/mol. The van der Waals surface area contributed by atoms with Crippen molar-refractivity contribution in [2.45, 2.75) is 39.2 Å². The molecule has 4 aromatic rings. The van der Waals surface area contributed by atoms with Crippen LogP contribution in [0.15, 0.2) is 87.2 Å². The molecule has 0 saturated carbocycles. The van der Waals surface area contributed by atoms with Gasteiger partial charge >= 0.3 is 0 Å². The van der Waals surface area contributed by atoms with Gasteiger partial charge in [0.1, 0.15) is 0 Å². The highest BCUT2D eigenvalue weighted by atomic mass is 16.5. The number of nitrogens with one attached hydrogen (secondary N) is 2. The Bertz CT molecular complexity index is 1510. The number of allylic oxidation sites excluding steroid dienone is 2. The fraction of sp³-hybridized carbons (Fsp3) is 0.241. The van der Waals surface area contributed by atoms with E-state index in [1.807, 2.05) is 25.1 Å². The van der Waals surface area contributed by atoms with Gasteiger partial charge < -0.3 is 9.84 Å². The summed E-state index contributed by atoms with van der Waals surface area (Å²) in [4.78, 5) is 16.7. The maximum atomic E-state index is 11.9. The van der Waals surface area contributed by atoms with Crippen molar-refractivity contribution in [1.82, 2.24) is 10.1 Å². The molecule has 2 heterocycles. The zero-order chi connectivity index (χ0) is 23.2. The molecule has 5 nitrogen and oxygen atoms in total. The summed E-state index contributed by atoms with van der Waals surface area (Å²) in [5, 5.41) is 7.24. The minimum Gasteiger partial charge on any atom is -0.382 e. The Morgan fingerprint density at radius 2 is 1.88 bits per heavy atom. The van der Waals surface area contributed by atoms with Gasteiger partial charge in [-0.2, -0.15) is 5.16 Å². The molecule has 2 unspecified atom stereocenters. The average molecular weight is 450 g/mol. The number of aromatic nitrogens is 2. The van der Waals surface area contributed by atoms with E-state index < -0.39 is 0 Å². The van der Waals surface area contributed by atoms with Crippen LogP contribution in [-0.2, 0) is 0 Å². The zero-order valence-electron chi connectivity index (χ0n) is 19.4. The normalized spacial score (nSPS) is 19.6. The summed E-state index contributed by atoms with van der Waals surface area (Å²) in [5.74, 6) is 1.13. The van der Waals surface area contributed by atoms with Gasteiger partial charge in [0, 0.05) is 33.9 Å². The smallest absolute Gasteiger partial charge is 0.280 e. The Labute approximate surface area is 198 Å². The van der Waals surface area contributed by atoms with Crippen molar-refractivity contribution in [2.75, 3.05) is 5.32 Å². The van der Waals surface area contributed by atoms with Crippen molar-refractivity contribution in [3.63, 3.8) is 0 Å². The second-order valence-corrected chi connectivity index (χ2v) is 9.54. The predicted octanol–water partition coefficient (Wildman–Crippen LogP) is 6.63. The van der Waals surface area contributed by atoms with Crippen LogP contribution >= 0.6 is 0 Å². The molecule has 2 aliphatic carbocycles. The number of hydrogen-bond donors (Lipinski definition) is 2. The van der Waals surface area contributed by atoms with E-state index in [1.54, 1.807) is 5.57 Å². The lowest BCUT2D eigenvalue weighted by Crippen LogP contribution is -2.16. The molecule has 2 aromatic heterocycles. The van der Waals surface area contributed by atoms with Crippen LogP contribution in [0.2, 0.25) is 0 Å². The van der Waals surface area contributed by atoms with Gasteiger partial charge in [0.05, 0.1) is 11.6 Å². The first-order valence-electron chi connectivity index (χ1n) is 11.9. The van der Waals surface area contributed by atoms with Crippen LogP contribution in [0.25, 0.3) is 33.4 Å². The van der Waals surface area contributed by atoms with Crippen molar-refractivity contribution in [2.24, 2.45) is 5.92 Å². The summed E-state index contributed by atoms with van der Waals surface area (Å²) >= 11 is 0. The van der Waals surface area contributed by atoms with Crippen LogP contribution in [0.3, 0.4) is 0 Å². The van der Waals surface area contributed by atoms with Gasteiger partial charge in [-0.1, -0.05) is 55.0 Å². The molecule has 2 aromatic carbocycles. The molecule has 6 rings (SSSR count). The van der Waals surface area contributed by atoms with Gasteiger partial charge in [-0.3, -0.25) is 9.78 Å². The number of rotatable bonds is 4. The number of fused-ring (bicyclic) bond motifs is 1. The molecule has 0 spiro atoms. The number of aromatic amines is 1. The molecule has 0 saturated heterocycles. The third kappa shape index (κ3) is 3.67. The monoisotopic (exact) mass is 449 g/mol. The molecule has 2 aliphatic rings. The van der Waals surface area contributed by atoms with Crippen LogP contribution in [0, 0.1) is 12.8 Å². The fourth-order valence-corrected chi connectivity index (χ4v) is 5.47. The third-order valence-electron chi connectivity index (χ3n) is 6.98. The van der Waals surface area contributed by atoms with Gasteiger partial charge in [-0.25, -0.2) is 0 Å². The van der Waals surface area contributed by atoms with Gasteiger partial charge in [-0.15, -0.1) is 0 Å². The molecule has 0 fully saturated rings. The highest BCUT2D eigenvalue weighted by Crippen LogP contribution is 2.41. The van der Waals surface area contributed by atoms with Gasteiger partial charge in [0.25, 0.3) is 5.56 Å². The van der Waals surface area contributed by atoms with E-state index in [0.717, 1.165) is 51.8 Å². The van der Waals surface area contributed by atoms with Crippen LogP contribution in [-0.4, -0.2) is 16.2 Å². The lowest BCUT2D eigenvalue weighted by molar-refractivity contribution is 0.425. The molecule has 0 bridgehead atoms. The maximum Gasteiger partial charge on any atom is 0.280 e. The van der Waals surface area contributed by atoms with Crippen LogP contribution in [0.1, 0.15) is 31.9 Å². The van der Waals surface area contributed by atoms with E-state index in [9.17, 15) is 4.79 Å². The third-order valence-corrected chi connectivity index (χ3v) is 6.98. The second-order valence-electron chi connectivity index (χ2n) is 9.54. The predicted molar refractivity (Wildman–Crippen MR) is 137 cm³/mol. The van der Waals surface area contributed by atoms with Gasteiger partial charge in [0.2, 0.25) is 0 Å². The lowest BCUT2D eigenvalue weighted by atomic mass is 9.92. The van der Waals surface area contributed by atoms with Gasteiger partial charge in [0.15, 0.2) is 5.76 Å². The van der Waals surface area contributed by atoms with E-state index in [-0.39, 0.29) is 5.56 Å². The van der Waals surface area contributed by atoms with Crippen molar-refractivity contribution in [3.8, 4) is 22.5 Å². The Morgan fingerprint density at radius 1 is 1.03 bits per heavy atom. The summed E-state index contributed by atoms with van der Waals surface area (Å²) in [6.45, 7) is 4.25. The first-order valence-corrected chi connectivity index (χ1v) is 11.9. The second kappa shape index (κ2) is 8.17. The lowest BCUT2D eigenvalue weighted by Gasteiger charge is -2.18. The van der Waals surface area contributed by atoms with Crippen LogP contribution in [0.5, 0.6) is 0 Å². The topological polar surface area (TPSA) is 70.9 Å². The number of benzene rings is 2. The summed E-state index contributed by atoms with van der Waals surface area (Å²) < 4.78 is 5.54. The van der Waals surface area contributed by atoms with E-state index in [4.69, 9.17) is 9.51 Å². The van der Waals surface area contributed by atoms with Crippen molar-refractivity contribution < 1.29 is 4.52 Å². The number of aryl methyl sites for hydroxylation is 1. The first kappa shape index (κ1) is 20.7. The molecule has 0 radical (unpaired) electrons. The van der Waals surface area contributed by atoms with Crippen molar-refractivity contribution >= 4 is 16.6 Å². The number of hydrogen-bond acceptors (Lipinski definition) is 4. The summed E-state index contributed by atoms with van der Waals surface area (Å²) in [6, 6.07) is 18.5. The summed E-state index contributed by atoms with van der Waals surface area (Å²) in [6.07, 6.45) is 7.99. The standard InChI is InChI=1S/C29H27N3O2/c1-17-8-9-20-13-23(14-21(20)12-17)31-22-10-11-25-24(15-22)29(19-6-4-3-5-7-19)28(18(2)30-25)26-16-27(33)32-34-26/h3-11,15-17,23,31H,12-14H2,1-2H3,(H,32,33). The molecule has 2 N–H and O–H groups in total. The molecule has 0 amide bonds. The number of H-pyrrole nitrogens is 1. The van der Waals surface area contributed by atoms with E-state index >= 15 is 0 Å². The first-order chi connectivity index (χ1) is 16.5. The largest absolute Gasteiger partial charge is 0.382 e. The zero-order valence-corrected chi connectivity index (χ0v) is 19.4. The molecule has 0 aliphatic heterocycles. The summed E-state index contributed by atoms with van der Waals surface area (Å²) in [5.41, 5.74) is 8.59. The molecule has 170 valence electrons. The quantitative estimate of drug-likeness (QED) is 0.367. The Kier molecular flexibility index (Phi) is 4.98. The Balaban J connectivity index is 1.44. The molecular formula is C29H27N3O2. The van der Waals surface area contributed by atoms with Gasteiger partial charge in [-0.05, 0) is 61.4 Å². The highest BCUT2D eigenvalue weighted by molar-refractivity contribution is 6.03. The molecule has 5 heteroatoms. The van der Waals surface area contributed by atoms with E-state index in [0.29, 0.717) is 17.7 Å². The number of nitrogens with zero attached hydrogens (tertiary/aromatic N) is 1. The summed E-state index contributed by atoms with van der Waals surface area (Å²) in [7, 11) is 0. The van der Waals surface area contributed by atoms with Crippen molar-refractivity contribution in [3.05, 3.63) is 93.9 Å². The minimum absolute atomic E-state index is 0.259. The Hall–Kier alpha value is -3.86. The molecule has 34 heavy (non-hydrogen) atoms. The van der Waals surface area contributed by atoms with E-state index in [2.05, 4.69) is 59.9 Å². The molecule has 2 atom stereocenters. The van der Waals surface area contributed by atoms with Crippen molar-refractivity contribution in [1.29, 1.82) is 0 Å². The highest BCUT2D eigenvalue weighted by Gasteiger charge is 2.26. The van der Waals surface area contributed by atoms with Crippen LogP contribution in [0.4, 0.5) is 5.69 Å². The SMILES string of the molecule is Cc1nc2ccc(NC3CC4=C(CC(C)C=C4)C3)cc2c(-c2ccccc2)c1-c1cc(=O)[nH]o1. The number of anilines is 1. The average Bonchev–Trinajstić information content (AvgIpc) is 3.44. The minimum atomic E-state index is -0.259. The Morgan fingerprint density at radius 3 is 2.68 bits per heavy atom. The maximum absolute atomic E-state index is 11.9. The number of pyridine rings is 1.